The van der Waals surface area contributed by atoms with E-state index in [2.05, 4.69) is 9.97 Å². The first-order valence-electron chi connectivity index (χ1n) is 6.50. The Kier molecular flexibility index (Phi) is 3.50. The van der Waals surface area contributed by atoms with Crippen molar-refractivity contribution >= 4 is 0 Å². The van der Waals surface area contributed by atoms with Gasteiger partial charge in [-0.05, 0) is 35.9 Å². The fourth-order valence-corrected chi connectivity index (χ4v) is 2.14. The van der Waals surface area contributed by atoms with Crippen LogP contribution in [0.25, 0.3) is 22.5 Å². The summed E-state index contributed by atoms with van der Waals surface area (Å²) in [5.41, 5.74) is 2.16. The molecular weight excluding hydrogens is 281 g/mol. The van der Waals surface area contributed by atoms with Gasteiger partial charge in [-0.1, -0.05) is 18.2 Å². The van der Waals surface area contributed by atoms with Crippen LogP contribution in [-0.4, -0.2) is 15.1 Å². The van der Waals surface area contributed by atoms with E-state index in [4.69, 9.17) is 0 Å². The Balaban J connectivity index is 2.22. The molecule has 0 amide bonds. The summed E-state index contributed by atoms with van der Waals surface area (Å²) < 4.78 is 13.1. The molecule has 0 radical (unpaired) electrons. The number of pyridine rings is 2. The molecule has 4 nitrogen and oxygen atoms in total. The highest BCUT2D eigenvalue weighted by Gasteiger charge is 2.15. The fourth-order valence-electron chi connectivity index (χ4n) is 2.14. The minimum atomic E-state index is -0.370. The van der Waals surface area contributed by atoms with Gasteiger partial charge < -0.3 is 5.11 Å². The summed E-state index contributed by atoms with van der Waals surface area (Å²) >= 11 is 0. The molecule has 0 saturated carbocycles. The normalized spacial score (nSPS) is 10.2. The van der Waals surface area contributed by atoms with Crippen molar-refractivity contribution in [2.24, 2.45) is 0 Å². The Morgan fingerprint density at radius 2 is 1.82 bits per heavy atom. The van der Waals surface area contributed by atoms with Crippen molar-refractivity contribution in [3.63, 3.8) is 0 Å². The predicted octanol–water partition coefficient (Wildman–Crippen LogP) is 3.53. The first kappa shape index (κ1) is 13.7. The van der Waals surface area contributed by atoms with Gasteiger partial charge in [0.15, 0.2) is 0 Å². The lowest BCUT2D eigenvalue weighted by atomic mass is 10.00. The molecule has 0 aliphatic carbocycles. The van der Waals surface area contributed by atoms with Crippen molar-refractivity contribution in [2.75, 3.05) is 0 Å². The summed E-state index contributed by atoms with van der Waals surface area (Å²) in [6.45, 7) is 0. The molecule has 3 rings (SSSR count). The summed E-state index contributed by atoms with van der Waals surface area (Å²) in [5.74, 6) is -0.740. The van der Waals surface area contributed by atoms with E-state index in [1.807, 2.05) is 6.07 Å². The van der Waals surface area contributed by atoms with E-state index in [9.17, 15) is 14.8 Å². The van der Waals surface area contributed by atoms with Gasteiger partial charge in [0.25, 0.3) is 0 Å². The third-order valence-electron chi connectivity index (χ3n) is 3.19. The quantitative estimate of drug-likeness (QED) is 0.784. The Labute approximate surface area is 126 Å². The zero-order valence-electron chi connectivity index (χ0n) is 11.4. The Hall–Kier alpha value is -3.26. The second-order valence-electron chi connectivity index (χ2n) is 4.59. The van der Waals surface area contributed by atoms with Crippen LogP contribution in [0.1, 0.15) is 5.56 Å². The highest BCUT2D eigenvalue weighted by Crippen LogP contribution is 2.32. The molecular formula is C17H10FN3O. The number of hydrogen-bond donors (Lipinski definition) is 1. The molecule has 0 spiro atoms. The van der Waals surface area contributed by atoms with Crippen LogP contribution in [0.3, 0.4) is 0 Å². The molecule has 2 aromatic heterocycles. The summed E-state index contributed by atoms with van der Waals surface area (Å²) in [6.07, 6.45) is 1.61. The maximum atomic E-state index is 13.1. The van der Waals surface area contributed by atoms with Gasteiger partial charge in [-0.3, -0.25) is 4.98 Å². The summed E-state index contributed by atoms with van der Waals surface area (Å²) in [6, 6.07) is 14.6. The van der Waals surface area contributed by atoms with Gasteiger partial charge in [0.2, 0.25) is 5.88 Å². The highest BCUT2D eigenvalue weighted by molar-refractivity contribution is 5.76. The zero-order valence-corrected chi connectivity index (χ0v) is 11.4. The van der Waals surface area contributed by atoms with Gasteiger partial charge in [0, 0.05) is 11.8 Å². The van der Waals surface area contributed by atoms with Crippen LogP contribution in [0, 0.1) is 17.1 Å². The van der Waals surface area contributed by atoms with Crippen molar-refractivity contribution in [3.8, 4) is 34.5 Å². The van der Waals surface area contributed by atoms with E-state index >= 15 is 0 Å². The van der Waals surface area contributed by atoms with Crippen molar-refractivity contribution in [1.29, 1.82) is 5.26 Å². The largest absolute Gasteiger partial charge is 0.492 e. The van der Waals surface area contributed by atoms with E-state index in [1.165, 1.54) is 12.1 Å². The van der Waals surface area contributed by atoms with Gasteiger partial charge >= 0.3 is 0 Å². The molecule has 5 heteroatoms. The minimum absolute atomic E-state index is 0.0475. The molecule has 3 aromatic rings. The van der Waals surface area contributed by atoms with Gasteiger partial charge in [-0.2, -0.15) is 5.26 Å². The topological polar surface area (TPSA) is 69.8 Å². The maximum Gasteiger partial charge on any atom is 0.230 e. The van der Waals surface area contributed by atoms with E-state index in [0.717, 1.165) is 0 Å². The molecule has 2 heterocycles. The van der Waals surface area contributed by atoms with Crippen LogP contribution < -0.4 is 0 Å². The Morgan fingerprint density at radius 1 is 1.05 bits per heavy atom. The summed E-state index contributed by atoms with van der Waals surface area (Å²) in [4.78, 5) is 8.19. The number of hydrogen-bond acceptors (Lipinski definition) is 4. The molecule has 0 saturated heterocycles. The van der Waals surface area contributed by atoms with Gasteiger partial charge in [0.1, 0.15) is 17.4 Å². The van der Waals surface area contributed by atoms with Crippen LogP contribution in [0.5, 0.6) is 5.88 Å². The summed E-state index contributed by atoms with van der Waals surface area (Å²) in [5, 5.41) is 19.3. The zero-order chi connectivity index (χ0) is 15.5. The monoisotopic (exact) mass is 291 g/mol. The molecule has 0 aliphatic heterocycles. The second kappa shape index (κ2) is 5.62. The smallest absolute Gasteiger partial charge is 0.230 e. The molecule has 0 unspecified atom stereocenters. The van der Waals surface area contributed by atoms with Crippen molar-refractivity contribution in [3.05, 3.63) is 66.1 Å². The molecule has 0 atom stereocenters. The third kappa shape index (κ3) is 2.50. The number of benzene rings is 1. The lowest BCUT2D eigenvalue weighted by Gasteiger charge is -2.09. The van der Waals surface area contributed by atoms with Crippen molar-refractivity contribution in [1.82, 2.24) is 9.97 Å². The lowest BCUT2D eigenvalue weighted by Crippen LogP contribution is -1.93. The summed E-state index contributed by atoms with van der Waals surface area (Å²) in [7, 11) is 0. The van der Waals surface area contributed by atoms with Crippen LogP contribution >= 0.6 is 0 Å². The average molecular weight is 291 g/mol. The number of nitriles is 1. The van der Waals surface area contributed by atoms with Crippen molar-refractivity contribution in [2.45, 2.75) is 0 Å². The molecule has 0 bridgehead atoms. The number of aromatic nitrogens is 2. The average Bonchev–Trinajstić information content (AvgIpc) is 2.55. The third-order valence-corrected chi connectivity index (χ3v) is 3.19. The SMILES string of the molecule is N#Cc1c(-c2ccc(F)cc2)cc(-c2ccccn2)nc1O. The minimum Gasteiger partial charge on any atom is -0.492 e. The van der Waals surface area contributed by atoms with Crippen LogP contribution in [0.15, 0.2) is 54.7 Å². The molecule has 0 aliphatic rings. The number of aromatic hydroxyl groups is 1. The molecule has 106 valence electrons. The van der Waals surface area contributed by atoms with Gasteiger partial charge in [-0.15, -0.1) is 0 Å². The molecule has 0 fully saturated rings. The van der Waals surface area contributed by atoms with E-state index in [1.54, 1.807) is 42.6 Å². The standard InChI is InChI=1S/C17H10FN3O/c18-12-6-4-11(5-7-12)13-9-16(15-3-1-2-8-20-15)21-17(22)14(13)10-19/h1-9H,(H,21,22). The van der Waals surface area contributed by atoms with Gasteiger partial charge in [0.05, 0.1) is 11.4 Å². The Bertz CT molecular complexity index is 856. The second-order valence-corrected chi connectivity index (χ2v) is 4.59. The highest BCUT2D eigenvalue weighted by atomic mass is 19.1. The number of halogens is 1. The molecule has 22 heavy (non-hydrogen) atoms. The predicted molar refractivity (Wildman–Crippen MR) is 79.2 cm³/mol. The van der Waals surface area contributed by atoms with Crippen LogP contribution in [-0.2, 0) is 0 Å². The van der Waals surface area contributed by atoms with E-state index < -0.39 is 0 Å². The molecule has 1 N–H and O–H groups in total. The van der Waals surface area contributed by atoms with Gasteiger partial charge in [-0.25, -0.2) is 9.37 Å². The Morgan fingerprint density at radius 3 is 2.45 bits per heavy atom. The number of nitrogens with zero attached hydrogens (tertiary/aromatic N) is 3. The first-order valence-corrected chi connectivity index (χ1v) is 6.50. The van der Waals surface area contributed by atoms with E-state index in [0.29, 0.717) is 22.5 Å². The van der Waals surface area contributed by atoms with E-state index in [-0.39, 0.29) is 17.3 Å². The van der Waals surface area contributed by atoms with Crippen LogP contribution in [0.4, 0.5) is 4.39 Å². The fraction of sp³-hybridized carbons (Fsp3) is 0. The number of rotatable bonds is 2. The maximum absolute atomic E-state index is 13.1. The van der Waals surface area contributed by atoms with Crippen LogP contribution in [0.2, 0.25) is 0 Å². The lowest BCUT2D eigenvalue weighted by molar-refractivity contribution is 0.452. The molecule has 1 aromatic carbocycles. The van der Waals surface area contributed by atoms with Crippen molar-refractivity contribution < 1.29 is 9.50 Å². The first-order chi connectivity index (χ1) is 10.7.